The van der Waals surface area contributed by atoms with Gasteiger partial charge in [-0.25, -0.2) is 0 Å². The van der Waals surface area contributed by atoms with E-state index in [4.69, 9.17) is 0 Å². The minimum Gasteiger partial charge on any atom is -0.375 e. The van der Waals surface area contributed by atoms with Crippen LogP contribution in [0.15, 0.2) is 12.4 Å². The molecule has 0 spiro atoms. The summed E-state index contributed by atoms with van der Waals surface area (Å²) in [6.45, 7) is 10.5. The fourth-order valence-corrected chi connectivity index (χ4v) is 1.08. The molecular weight excluding hydrogens is 136 g/mol. The highest BCUT2D eigenvalue weighted by Crippen LogP contribution is 1.99. The summed E-state index contributed by atoms with van der Waals surface area (Å²) in [6, 6.07) is 0. The Labute approximate surface area is 70.3 Å². The molecule has 0 rings (SSSR count). The largest absolute Gasteiger partial charge is 0.375 e. The first-order valence-corrected chi connectivity index (χ1v) is 4.37. The molecule has 66 valence electrons. The van der Waals surface area contributed by atoms with E-state index in [-0.39, 0.29) is 0 Å². The zero-order valence-electron chi connectivity index (χ0n) is 7.98. The van der Waals surface area contributed by atoms with Crippen LogP contribution in [0.5, 0.6) is 0 Å². The Morgan fingerprint density at radius 2 is 1.73 bits per heavy atom. The fraction of sp³-hybridized carbons (Fsp3) is 0.778. The van der Waals surface area contributed by atoms with Crippen molar-refractivity contribution in [2.24, 2.45) is 0 Å². The van der Waals surface area contributed by atoms with Gasteiger partial charge in [0.1, 0.15) is 0 Å². The SMILES string of the molecule is C=C(NC)N(CCC)CCC. The number of rotatable bonds is 6. The van der Waals surface area contributed by atoms with Gasteiger partial charge in [0.05, 0.1) is 5.82 Å². The molecule has 0 saturated carbocycles. The quantitative estimate of drug-likeness (QED) is 0.631. The third-order valence-electron chi connectivity index (χ3n) is 1.66. The molecule has 0 aliphatic heterocycles. The molecule has 0 atom stereocenters. The summed E-state index contributed by atoms with van der Waals surface area (Å²) >= 11 is 0. The van der Waals surface area contributed by atoms with Gasteiger partial charge < -0.3 is 10.2 Å². The Kier molecular flexibility index (Phi) is 5.71. The Hall–Kier alpha value is -0.660. The molecular formula is C9H20N2. The maximum atomic E-state index is 3.93. The number of nitrogens with zero attached hydrogens (tertiary/aromatic N) is 1. The fourth-order valence-electron chi connectivity index (χ4n) is 1.08. The lowest BCUT2D eigenvalue weighted by molar-refractivity contribution is 0.327. The van der Waals surface area contributed by atoms with Crippen molar-refractivity contribution in [3.05, 3.63) is 12.4 Å². The van der Waals surface area contributed by atoms with Crippen molar-refractivity contribution in [2.75, 3.05) is 20.1 Å². The van der Waals surface area contributed by atoms with Gasteiger partial charge in [0.2, 0.25) is 0 Å². The van der Waals surface area contributed by atoms with Crippen molar-refractivity contribution in [1.82, 2.24) is 10.2 Å². The van der Waals surface area contributed by atoms with Crippen LogP contribution in [-0.2, 0) is 0 Å². The van der Waals surface area contributed by atoms with Crippen molar-refractivity contribution in [1.29, 1.82) is 0 Å². The highest BCUT2D eigenvalue weighted by Gasteiger charge is 2.01. The normalized spacial score (nSPS) is 9.36. The average molecular weight is 156 g/mol. The average Bonchev–Trinajstić information content (AvgIpc) is 2.03. The molecule has 0 fully saturated rings. The summed E-state index contributed by atoms with van der Waals surface area (Å²) in [5.74, 6) is 1.04. The highest BCUT2D eigenvalue weighted by molar-refractivity contribution is 4.88. The van der Waals surface area contributed by atoms with Gasteiger partial charge in [-0.15, -0.1) is 0 Å². The standard InChI is InChI=1S/C9H20N2/c1-5-7-11(8-6-2)9(3)10-4/h10H,3,5-8H2,1-2,4H3. The summed E-state index contributed by atoms with van der Waals surface area (Å²) in [7, 11) is 1.92. The number of hydrogen-bond donors (Lipinski definition) is 1. The van der Waals surface area contributed by atoms with Crippen LogP contribution in [0, 0.1) is 0 Å². The van der Waals surface area contributed by atoms with E-state index in [1.165, 1.54) is 12.8 Å². The Balaban J connectivity index is 3.76. The molecule has 0 heterocycles. The predicted molar refractivity (Wildman–Crippen MR) is 50.4 cm³/mol. The Morgan fingerprint density at radius 1 is 1.27 bits per heavy atom. The second kappa shape index (κ2) is 6.08. The Bertz CT molecular complexity index is 104. The van der Waals surface area contributed by atoms with Crippen LogP contribution in [0.2, 0.25) is 0 Å². The second-order valence-corrected chi connectivity index (χ2v) is 2.68. The van der Waals surface area contributed by atoms with Crippen LogP contribution in [0.3, 0.4) is 0 Å². The molecule has 0 amide bonds. The van der Waals surface area contributed by atoms with Crippen molar-refractivity contribution in [3.63, 3.8) is 0 Å². The summed E-state index contributed by atoms with van der Waals surface area (Å²) in [4.78, 5) is 2.28. The monoisotopic (exact) mass is 156 g/mol. The summed E-state index contributed by atoms with van der Waals surface area (Å²) in [6.07, 6.45) is 2.36. The minimum absolute atomic E-state index is 1.04. The van der Waals surface area contributed by atoms with Gasteiger partial charge in [0.15, 0.2) is 0 Å². The van der Waals surface area contributed by atoms with E-state index in [1.54, 1.807) is 0 Å². The van der Waals surface area contributed by atoms with Gasteiger partial charge in [-0.05, 0) is 12.8 Å². The van der Waals surface area contributed by atoms with Gasteiger partial charge in [0.25, 0.3) is 0 Å². The molecule has 0 aromatic rings. The first kappa shape index (κ1) is 10.3. The van der Waals surface area contributed by atoms with E-state index in [0.717, 1.165) is 18.9 Å². The van der Waals surface area contributed by atoms with Crippen molar-refractivity contribution < 1.29 is 0 Å². The van der Waals surface area contributed by atoms with E-state index >= 15 is 0 Å². The molecule has 1 N–H and O–H groups in total. The minimum atomic E-state index is 1.04. The lowest BCUT2D eigenvalue weighted by Crippen LogP contribution is -2.30. The predicted octanol–water partition coefficient (Wildman–Crippen LogP) is 1.80. The molecule has 0 aromatic carbocycles. The highest BCUT2D eigenvalue weighted by atomic mass is 15.2. The lowest BCUT2D eigenvalue weighted by atomic mass is 10.3. The lowest BCUT2D eigenvalue weighted by Gasteiger charge is -2.25. The smallest absolute Gasteiger partial charge is 0.0936 e. The van der Waals surface area contributed by atoms with E-state index in [2.05, 4.69) is 30.6 Å². The molecule has 2 heteroatoms. The number of hydrogen-bond acceptors (Lipinski definition) is 2. The maximum absolute atomic E-state index is 3.93. The van der Waals surface area contributed by atoms with Crippen LogP contribution in [-0.4, -0.2) is 25.0 Å². The van der Waals surface area contributed by atoms with Crippen molar-refractivity contribution in [2.45, 2.75) is 26.7 Å². The van der Waals surface area contributed by atoms with E-state index in [1.807, 2.05) is 7.05 Å². The molecule has 0 aliphatic rings. The summed E-state index contributed by atoms with van der Waals surface area (Å²) < 4.78 is 0. The van der Waals surface area contributed by atoms with E-state index < -0.39 is 0 Å². The summed E-state index contributed by atoms with van der Waals surface area (Å²) in [5.41, 5.74) is 0. The van der Waals surface area contributed by atoms with E-state index in [9.17, 15) is 0 Å². The van der Waals surface area contributed by atoms with Crippen LogP contribution in [0.4, 0.5) is 0 Å². The van der Waals surface area contributed by atoms with Gasteiger partial charge in [0, 0.05) is 20.1 Å². The topological polar surface area (TPSA) is 15.3 Å². The van der Waals surface area contributed by atoms with Crippen LogP contribution < -0.4 is 5.32 Å². The van der Waals surface area contributed by atoms with Gasteiger partial charge in [-0.3, -0.25) is 0 Å². The Morgan fingerprint density at radius 3 is 2.00 bits per heavy atom. The first-order chi connectivity index (χ1) is 5.26. The van der Waals surface area contributed by atoms with Crippen molar-refractivity contribution >= 4 is 0 Å². The van der Waals surface area contributed by atoms with Crippen molar-refractivity contribution in [3.8, 4) is 0 Å². The molecule has 0 aromatic heterocycles. The zero-order chi connectivity index (χ0) is 8.69. The third kappa shape index (κ3) is 3.91. The molecule has 0 saturated heterocycles. The zero-order valence-corrected chi connectivity index (χ0v) is 7.98. The van der Waals surface area contributed by atoms with Gasteiger partial charge in [-0.2, -0.15) is 0 Å². The molecule has 11 heavy (non-hydrogen) atoms. The molecule has 0 radical (unpaired) electrons. The number of nitrogens with one attached hydrogen (secondary N) is 1. The third-order valence-corrected chi connectivity index (χ3v) is 1.66. The van der Waals surface area contributed by atoms with Gasteiger partial charge in [-0.1, -0.05) is 20.4 Å². The molecule has 2 nitrogen and oxygen atoms in total. The molecule has 0 bridgehead atoms. The van der Waals surface area contributed by atoms with Gasteiger partial charge >= 0.3 is 0 Å². The second-order valence-electron chi connectivity index (χ2n) is 2.68. The summed E-state index contributed by atoms with van der Waals surface area (Å²) in [5, 5.41) is 3.07. The van der Waals surface area contributed by atoms with E-state index in [0.29, 0.717) is 0 Å². The molecule has 0 unspecified atom stereocenters. The maximum Gasteiger partial charge on any atom is 0.0936 e. The van der Waals surface area contributed by atoms with Crippen LogP contribution in [0.25, 0.3) is 0 Å². The van der Waals surface area contributed by atoms with Crippen LogP contribution in [0.1, 0.15) is 26.7 Å². The molecule has 0 aliphatic carbocycles. The van der Waals surface area contributed by atoms with Crippen LogP contribution >= 0.6 is 0 Å². The first-order valence-electron chi connectivity index (χ1n) is 4.37.